The highest BCUT2D eigenvalue weighted by atomic mass is 127. The molecule has 0 bridgehead atoms. The Labute approximate surface area is 169 Å². The molecule has 0 aliphatic rings. The molecular weight excluding hydrogens is 453 g/mol. The lowest BCUT2D eigenvalue weighted by atomic mass is 9.98. The van der Waals surface area contributed by atoms with E-state index < -0.39 is 0 Å². The van der Waals surface area contributed by atoms with E-state index in [2.05, 4.69) is 51.7 Å². The smallest absolute Gasteiger partial charge is 0.194 e. The molecule has 0 amide bonds. The molecule has 0 unspecified atom stereocenters. The number of nitrogens with one attached hydrogen (secondary N) is 1. The number of hydrogen-bond donors (Lipinski definition) is 1. The Morgan fingerprint density at radius 3 is 2.38 bits per heavy atom. The first-order chi connectivity index (χ1) is 10.8. The minimum atomic E-state index is 0. The maximum absolute atomic E-state index is 4.71. The zero-order chi connectivity index (χ0) is 17.0. The van der Waals surface area contributed by atoms with Crippen molar-refractivity contribution < 1.29 is 0 Å². The van der Waals surface area contributed by atoms with Crippen molar-refractivity contribution in [1.82, 2.24) is 20.2 Å². The van der Waals surface area contributed by atoms with Gasteiger partial charge in [0.05, 0.1) is 34.5 Å². The topological polar surface area (TPSA) is 53.4 Å². The average Bonchev–Trinajstić information content (AvgIpc) is 3.08. The molecule has 0 aromatic carbocycles. The van der Waals surface area contributed by atoms with Crippen LogP contribution >= 0.6 is 46.7 Å². The molecule has 0 radical (unpaired) electrons. The van der Waals surface area contributed by atoms with Gasteiger partial charge >= 0.3 is 0 Å². The van der Waals surface area contributed by atoms with Gasteiger partial charge in [-0.1, -0.05) is 20.8 Å². The minimum absolute atomic E-state index is 0. The van der Waals surface area contributed by atoms with Crippen LogP contribution in [0.1, 0.15) is 42.2 Å². The molecule has 0 saturated carbocycles. The van der Waals surface area contributed by atoms with Crippen LogP contribution in [0, 0.1) is 6.92 Å². The summed E-state index contributed by atoms with van der Waals surface area (Å²) in [6.07, 6.45) is 0. The number of thiazole rings is 2. The first-order valence-electron chi connectivity index (χ1n) is 7.57. The molecule has 24 heavy (non-hydrogen) atoms. The van der Waals surface area contributed by atoms with Gasteiger partial charge in [0.25, 0.3) is 0 Å². The summed E-state index contributed by atoms with van der Waals surface area (Å²) in [7, 11) is 3.82. The highest BCUT2D eigenvalue weighted by molar-refractivity contribution is 14.0. The lowest BCUT2D eigenvalue weighted by Gasteiger charge is -2.20. The molecular formula is C16H26IN5S2. The molecule has 0 saturated heterocycles. The fraction of sp³-hybridized carbons (Fsp3) is 0.562. The lowest BCUT2D eigenvalue weighted by Crippen LogP contribution is -2.38. The molecule has 8 heteroatoms. The Morgan fingerprint density at radius 2 is 1.88 bits per heavy atom. The van der Waals surface area contributed by atoms with Crippen LogP contribution in [-0.4, -0.2) is 34.9 Å². The molecule has 0 aliphatic heterocycles. The van der Waals surface area contributed by atoms with Crippen molar-refractivity contribution in [3.05, 3.63) is 32.2 Å². The average molecular weight is 479 g/mol. The van der Waals surface area contributed by atoms with Crippen LogP contribution in [0.3, 0.4) is 0 Å². The van der Waals surface area contributed by atoms with Crippen LogP contribution in [0.4, 0.5) is 0 Å². The fourth-order valence-electron chi connectivity index (χ4n) is 2.09. The number of hydrogen-bond acceptors (Lipinski definition) is 5. The molecule has 0 spiro atoms. The highest BCUT2D eigenvalue weighted by Crippen LogP contribution is 2.25. The summed E-state index contributed by atoms with van der Waals surface area (Å²) in [6.45, 7) is 10.0. The molecule has 1 N–H and O–H groups in total. The molecule has 2 rings (SSSR count). The first kappa shape index (κ1) is 21.3. The highest BCUT2D eigenvalue weighted by Gasteiger charge is 2.18. The van der Waals surface area contributed by atoms with E-state index in [0.29, 0.717) is 6.54 Å². The Hall–Kier alpha value is -0.740. The second-order valence-electron chi connectivity index (χ2n) is 6.51. The van der Waals surface area contributed by atoms with Gasteiger partial charge in [-0.3, -0.25) is 4.99 Å². The molecule has 2 heterocycles. The number of guanidine groups is 1. The lowest BCUT2D eigenvalue weighted by molar-refractivity contribution is 0.470. The monoisotopic (exact) mass is 479 g/mol. The van der Waals surface area contributed by atoms with E-state index in [-0.39, 0.29) is 29.4 Å². The third kappa shape index (κ3) is 5.96. The summed E-state index contributed by atoms with van der Waals surface area (Å²) < 4.78 is 0. The summed E-state index contributed by atoms with van der Waals surface area (Å²) in [4.78, 5) is 15.6. The normalized spacial score (nSPS) is 12.0. The van der Waals surface area contributed by atoms with E-state index in [1.165, 1.54) is 0 Å². The number of aliphatic imine (C=N–C) groups is 1. The van der Waals surface area contributed by atoms with E-state index in [1.807, 2.05) is 14.0 Å². The number of aryl methyl sites for hydroxylation is 1. The van der Waals surface area contributed by atoms with E-state index in [0.717, 1.165) is 33.9 Å². The van der Waals surface area contributed by atoms with Crippen molar-refractivity contribution in [2.45, 2.75) is 46.2 Å². The molecule has 0 fully saturated rings. The van der Waals surface area contributed by atoms with Crippen LogP contribution in [0.25, 0.3) is 0 Å². The third-order valence-corrected chi connectivity index (χ3v) is 5.40. The summed E-state index contributed by atoms with van der Waals surface area (Å²) >= 11 is 3.39. The van der Waals surface area contributed by atoms with Gasteiger partial charge in [-0.05, 0) is 6.92 Å². The minimum Gasteiger partial charge on any atom is -0.351 e. The van der Waals surface area contributed by atoms with Crippen molar-refractivity contribution in [2.75, 3.05) is 14.1 Å². The molecule has 0 atom stereocenters. The third-order valence-electron chi connectivity index (χ3n) is 3.26. The summed E-state index contributed by atoms with van der Waals surface area (Å²) in [6, 6.07) is 0. The maximum atomic E-state index is 4.71. The van der Waals surface area contributed by atoms with Crippen LogP contribution in [0.15, 0.2) is 15.8 Å². The largest absolute Gasteiger partial charge is 0.351 e. The number of halogens is 1. The Bertz CT molecular complexity index is 672. The van der Waals surface area contributed by atoms with Crippen molar-refractivity contribution in [3.8, 4) is 0 Å². The quantitative estimate of drug-likeness (QED) is 0.409. The standard InChI is InChI=1S/C16H25N5S2.HI/c1-11-19-13(10-22-11)8-21(6)15(17-5)18-7-12-9-23-14(20-12)16(2,3)4;/h9-10H,7-8H2,1-6H3,(H,17,18);1H. The molecule has 5 nitrogen and oxygen atoms in total. The summed E-state index contributed by atoms with van der Waals surface area (Å²) in [5.74, 6) is 0.848. The van der Waals surface area contributed by atoms with Gasteiger partial charge < -0.3 is 10.2 Å². The van der Waals surface area contributed by atoms with Gasteiger partial charge in [0.15, 0.2) is 5.96 Å². The Morgan fingerprint density at radius 1 is 1.21 bits per heavy atom. The van der Waals surface area contributed by atoms with Crippen LogP contribution in [-0.2, 0) is 18.5 Å². The SMILES string of the molecule is CN=C(NCc1csc(C(C)(C)C)n1)N(C)Cc1csc(C)n1.I. The second kappa shape index (κ2) is 9.10. The van der Waals surface area contributed by atoms with Crippen LogP contribution in [0.2, 0.25) is 0 Å². The molecule has 0 aliphatic carbocycles. The Kier molecular flexibility index (Phi) is 8.07. The van der Waals surface area contributed by atoms with Crippen LogP contribution in [0.5, 0.6) is 0 Å². The zero-order valence-corrected chi connectivity index (χ0v) is 19.0. The molecule has 2 aromatic rings. The van der Waals surface area contributed by atoms with E-state index in [9.17, 15) is 0 Å². The fourth-order valence-corrected chi connectivity index (χ4v) is 3.60. The van der Waals surface area contributed by atoms with Gasteiger partial charge in [0.1, 0.15) is 0 Å². The van der Waals surface area contributed by atoms with E-state index >= 15 is 0 Å². The summed E-state index contributed by atoms with van der Waals surface area (Å²) in [5.41, 5.74) is 2.23. The van der Waals surface area contributed by atoms with Crippen LogP contribution < -0.4 is 5.32 Å². The van der Waals surface area contributed by atoms with E-state index in [1.54, 1.807) is 29.7 Å². The first-order valence-corrected chi connectivity index (χ1v) is 9.33. The predicted molar refractivity (Wildman–Crippen MR) is 115 cm³/mol. The van der Waals surface area contributed by atoms with Gasteiger partial charge in [0, 0.05) is 30.3 Å². The number of nitrogens with zero attached hydrogens (tertiary/aromatic N) is 4. The van der Waals surface area contributed by atoms with Crippen molar-refractivity contribution >= 4 is 52.6 Å². The van der Waals surface area contributed by atoms with Gasteiger partial charge in [0.2, 0.25) is 0 Å². The van der Waals surface area contributed by atoms with Gasteiger partial charge in [-0.15, -0.1) is 46.7 Å². The van der Waals surface area contributed by atoms with E-state index in [4.69, 9.17) is 4.98 Å². The number of rotatable bonds is 4. The summed E-state index contributed by atoms with van der Waals surface area (Å²) in [5, 5.41) is 9.83. The molecule has 134 valence electrons. The van der Waals surface area contributed by atoms with Gasteiger partial charge in [-0.2, -0.15) is 0 Å². The maximum Gasteiger partial charge on any atom is 0.194 e. The Balaban J connectivity index is 0.00000288. The van der Waals surface area contributed by atoms with Crippen molar-refractivity contribution in [2.24, 2.45) is 4.99 Å². The van der Waals surface area contributed by atoms with Crippen molar-refractivity contribution in [3.63, 3.8) is 0 Å². The number of aromatic nitrogens is 2. The zero-order valence-electron chi connectivity index (χ0n) is 15.1. The predicted octanol–water partition coefficient (Wildman–Crippen LogP) is 4.03. The van der Waals surface area contributed by atoms with Crippen molar-refractivity contribution in [1.29, 1.82) is 0 Å². The second-order valence-corrected chi connectivity index (χ2v) is 8.43. The van der Waals surface area contributed by atoms with Gasteiger partial charge in [-0.25, -0.2) is 9.97 Å². The molecule has 2 aromatic heterocycles.